The highest BCUT2D eigenvalue weighted by Gasteiger charge is 2.43. The fourth-order valence-corrected chi connectivity index (χ4v) is 3.31. The Morgan fingerprint density at radius 3 is 2.77 bits per heavy atom. The van der Waals surface area contributed by atoms with Crippen LogP contribution in [0.3, 0.4) is 0 Å². The van der Waals surface area contributed by atoms with E-state index in [2.05, 4.69) is 22.4 Å². The van der Waals surface area contributed by atoms with Gasteiger partial charge in [0.1, 0.15) is 5.82 Å². The zero-order chi connectivity index (χ0) is 17.9. The van der Waals surface area contributed by atoms with E-state index >= 15 is 0 Å². The number of carbonyl (C=O) groups is 1. The third-order valence-electron chi connectivity index (χ3n) is 4.81. The smallest absolute Gasteiger partial charge is 0.224 e. The van der Waals surface area contributed by atoms with Gasteiger partial charge in [-0.3, -0.25) is 4.79 Å². The van der Waals surface area contributed by atoms with Crippen LogP contribution in [0.25, 0.3) is 0 Å². The van der Waals surface area contributed by atoms with Crippen molar-refractivity contribution in [1.82, 2.24) is 14.9 Å². The first-order chi connectivity index (χ1) is 12.7. The lowest BCUT2D eigenvalue weighted by Gasteiger charge is -2.08. The van der Waals surface area contributed by atoms with Gasteiger partial charge in [0, 0.05) is 31.4 Å². The van der Waals surface area contributed by atoms with Crippen LogP contribution in [0.1, 0.15) is 29.0 Å². The molecule has 132 valence electrons. The average Bonchev–Trinajstić information content (AvgIpc) is 3.29. The normalized spacial score (nSPS) is 18.5. The molecule has 3 aromatic rings. The molecular formula is C21H20FN3O. The maximum absolute atomic E-state index is 13.0. The van der Waals surface area contributed by atoms with Gasteiger partial charge < -0.3 is 9.88 Å². The second kappa shape index (κ2) is 7.12. The minimum Gasteiger partial charge on any atom is -0.352 e. The maximum Gasteiger partial charge on any atom is 0.224 e. The molecule has 1 fully saturated rings. The molecule has 26 heavy (non-hydrogen) atoms. The molecular weight excluding hydrogens is 329 g/mol. The van der Waals surface area contributed by atoms with E-state index in [-0.39, 0.29) is 23.6 Å². The Morgan fingerprint density at radius 2 is 2.00 bits per heavy atom. The largest absolute Gasteiger partial charge is 0.352 e. The predicted octanol–water partition coefficient (Wildman–Crippen LogP) is 3.49. The first-order valence-corrected chi connectivity index (χ1v) is 8.76. The van der Waals surface area contributed by atoms with Crippen molar-refractivity contribution in [2.24, 2.45) is 5.92 Å². The van der Waals surface area contributed by atoms with Crippen LogP contribution < -0.4 is 5.32 Å². The summed E-state index contributed by atoms with van der Waals surface area (Å²) >= 11 is 0. The fourth-order valence-electron chi connectivity index (χ4n) is 3.31. The molecule has 0 spiro atoms. The lowest BCUT2D eigenvalue weighted by Crippen LogP contribution is -2.24. The van der Waals surface area contributed by atoms with Crippen molar-refractivity contribution in [3.63, 3.8) is 0 Å². The summed E-state index contributed by atoms with van der Waals surface area (Å²) in [7, 11) is 0. The van der Waals surface area contributed by atoms with Crippen molar-refractivity contribution in [3.05, 3.63) is 89.8 Å². The number of hydrogen-bond donors (Lipinski definition) is 1. The van der Waals surface area contributed by atoms with Crippen LogP contribution in [0.15, 0.2) is 67.3 Å². The summed E-state index contributed by atoms with van der Waals surface area (Å²) < 4.78 is 15.0. The summed E-state index contributed by atoms with van der Waals surface area (Å²) in [5.41, 5.74) is 3.29. The molecule has 1 heterocycles. The number of nitrogens with zero attached hydrogens (tertiary/aromatic N) is 2. The number of aromatic nitrogens is 2. The molecule has 2 aromatic carbocycles. The number of nitrogens with one attached hydrogen (secondary N) is 1. The standard InChI is InChI=1S/C21H20FN3O/c22-18-6-4-17(5-7-18)19-11-20(19)21(26)24-12-15-2-1-3-16(10-15)13-25-9-8-23-14-25/h1-10,14,19-20H,11-13H2,(H,24,26)/t19-,20-/m0/s1. The highest BCUT2D eigenvalue weighted by Crippen LogP contribution is 2.47. The highest BCUT2D eigenvalue weighted by atomic mass is 19.1. The summed E-state index contributed by atoms with van der Waals surface area (Å²) in [4.78, 5) is 16.4. The van der Waals surface area contributed by atoms with E-state index in [1.807, 2.05) is 22.9 Å². The third-order valence-corrected chi connectivity index (χ3v) is 4.81. The molecule has 1 saturated carbocycles. The van der Waals surface area contributed by atoms with Crippen molar-refractivity contribution < 1.29 is 9.18 Å². The average molecular weight is 349 g/mol. The molecule has 1 aliphatic carbocycles. The topological polar surface area (TPSA) is 46.9 Å². The monoisotopic (exact) mass is 349 g/mol. The lowest BCUT2D eigenvalue weighted by molar-refractivity contribution is -0.122. The molecule has 0 saturated heterocycles. The second-order valence-electron chi connectivity index (χ2n) is 6.77. The van der Waals surface area contributed by atoms with Gasteiger partial charge >= 0.3 is 0 Å². The quantitative estimate of drug-likeness (QED) is 0.740. The van der Waals surface area contributed by atoms with E-state index < -0.39 is 0 Å². The summed E-state index contributed by atoms with van der Waals surface area (Å²) in [6, 6.07) is 14.6. The van der Waals surface area contributed by atoms with Gasteiger partial charge in [-0.15, -0.1) is 0 Å². The zero-order valence-electron chi connectivity index (χ0n) is 14.3. The van der Waals surface area contributed by atoms with Crippen LogP contribution in [0.5, 0.6) is 0 Å². The fraction of sp³-hybridized carbons (Fsp3) is 0.238. The van der Waals surface area contributed by atoms with Crippen LogP contribution in [0.2, 0.25) is 0 Å². The molecule has 0 bridgehead atoms. The van der Waals surface area contributed by atoms with Gasteiger partial charge in [-0.2, -0.15) is 0 Å². The zero-order valence-corrected chi connectivity index (χ0v) is 14.3. The molecule has 5 heteroatoms. The van der Waals surface area contributed by atoms with Gasteiger partial charge in [-0.25, -0.2) is 9.37 Å². The van der Waals surface area contributed by atoms with Gasteiger partial charge in [0.2, 0.25) is 5.91 Å². The van der Waals surface area contributed by atoms with Gasteiger partial charge in [0.25, 0.3) is 0 Å². The highest BCUT2D eigenvalue weighted by molar-refractivity contribution is 5.82. The summed E-state index contributed by atoms with van der Waals surface area (Å²) in [5, 5.41) is 3.03. The van der Waals surface area contributed by atoms with Crippen molar-refractivity contribution in [1.29, 1.82) is 0 Å². The Labute approximate surface area is 151 Å². The van der Waals surface area contributed by atoms with Crippen molar-refractivity contribution >= 4 is 5.91 Å². The number of imidazole rings is 1. The number of carbonyl (C=O) groups excluding carboxylic acids is 1. The maximum atomic E-state index is 13.0. The SMILES string of the molecule is O=C(NCc1cccc(Cn2ccnc2)c1)[C@H]1C[C@H]1c1ccc(F)cc1. The van der Waals surface area contributed by atoms with Gasteiger partial charge in [0.15, 0.2) is 0 Å². The molecule has 1 aliphatic rings. The first kappa shape index (κ1) is 16.5. The minimum absolute atomic E-state index is 0.00501. The molecule has 0 aliphatic heterocycles. The number of amides is 1. The number of halogens is 1. The van der Waals surface area contributed by atoms with Crippen LogP contribution >= 0.6 is 0 Å². The predicted molar refractivity (Wildman–Crippen MR) is 96.9 cm³/mol. The molecule has 1 aromatic heterocycles. The summed E-state index contributed by atoms with van der Waals surface area (Å²) in [6.07, 6.45) is 6.31. The van der Waals surface area contributed by atoms with Gasteiger partial charge in [0.05, 0.1) is 6.33 Å². The van der Waals surface area contributed by atoms with E-state index in [4.69, 9.17) is 0 Å². The minimum atomic E-state index is -0.244. The summed E-state index contributed by atoms with van der Waals surface area (Å²) in [5.74, 6) is 0.0306. The Morgan fingerprint density at radius 1 is 1.19 bits per heavy atom. The van der Waals surface area contributed by atoms with Crippen molar-refractivity contribution in [2.75, 3.05) is 0 Å². The van der Waals surface area contributed by atoms with Crippen LogP contribution in [-0.4, -0.2) is 15.5 Å². The van der Waals surface area contributed by atoms with Gasteiger partial charge in [-0.05, 0) is 41.2 Å². The molecule has 2 atom stereocenters. The molecule has 4 nitrogen and oxygen atoms in total. The number of hydrogen-bond acceptors (Lipinski definition) is 2. The van der Waals surface area contributed by atoms with E-state index in [1.165, 1.54) is 17.7 Å². The molecule has 4 rings (SSSR count). The molecule has 1 N–H and O–H groups in total. The van der Waals surface area contributed by atoms with E-state index in [0.29, 0.717) is 6.54 Å². The van der Waals surface area contributed by atoms with Crippen LogP contribution in [0, 0.1) is 11.7 Å². The second-order valence-corrected chi connectivity index (χ2v) is 6.77. The van der Waals surface area contributed by atoms with Crippen molar-refractivity contribution in [3.8, 4) is 0 Å². The molecule has 0 radical (unpaired) electrons. The Kier molecular flexibility index (Phi) is 4.52. The Bertz CT molecular complexity index is 890. The first-order valence-electron chi connectivity index (χ1n) is 8.76. The van der Waals surface area contributed by atoms with Crippen molar-refractivity contribution in [2.45, 2.75) is 25.4 Å². The molecule has 0 unspecified atom stereocenters. The third kappa shape index (κ3) is 3.82. The van der Waals surface area contributed by atoms with E-state index in [1.54, 1.807) is 24.7 Å². The Balaban J connectivity index is 1.31. The number of rotatable bonds is 6. The summed E-state index contributed by atoms with van der Waals surface area (Å²) in [6.45, 7) is 1.28. The number of benzene rings is 2. The lowest BCUT2D eigenvalue weighted by atomic mass is 10.1. The van der Waals surface area contributed by atoms with E-state index in [9.17, 15) is 9.18 Å². The van der Waals surface area contributed by atoms with Gasteiger partial charge in [-0.1, -0.05) is 36.4 Å². The molecule has 1 amide bonds. The van der Waals surface area contributed by atoms with Crippen LogP contribution in [0.4, 0.5) is 4.39 Å². The Hall–Kier alpha value is -2.95. The van der Waals surface area contributed by atoms with E-state index in [0.717, 1.165) is 24.1 Å². The van der Waals surface area contributed by atoms with Crippen LogP contribution in [-0.2, 0) is 17.9 Å².